The lowest BCUT2D eigenvalue weighted by Gasteiger charge is -2.21. The number of rotatable bonds is 6. The summed E-state index contributed by atoms with van der Waals surface area (Å²) >= 11 is 0. The molecular weight excluding hydrogens is 410 g/mol. The van der Waals surface area contributed by atoms with Gasteiger partial charge in [-0.05, 0) is 12.0 Å². The Bertz CT molecular complexity index is 976. The van der Waals surface area contributed by atoms with Crippen molar-refractivity contribution in [3.63, 3.8) is 0 Å². The lowest BCUT2D eigenvalue weighted by molar-refractivity contribution is -0.130. The summed E-state index contributed by atoms with van der Waals surface area (Å²) < 4.78 is 33.3. The van der Waals surface area contributed by atoms with Gasteiger partial charge in [0.25, 0.3) is 0 Å². The van der Waals surface area contributed by atoms with Crippen LogP contribution in [0.15, 0.2) is 47.6 Å². The average Bonchev–Trinajstić information content (AvgIpc) is 3.03. The highest BCUT2D eigenvalue weighted by molar-refractivity contribution is 7.89. The summed E-state index contributed by atoms with van der Waals surface area (Å²) in [6.07, 6.45) is 2.59. The molecule has 2 amide bonds. The van der Waals surface area contributed by atoms with Crippen molar-refractivity contribution in [2.24, 2.45) is 7.05 Å². The molecule has 1 N–H and O–H groups in total. The molecule has 1 aromatic heterocycles. The Morgan fingerprint density at radius 3 is 2.60 bits per heavy atom. The van der Waals surface area contributed by atoms with Crippen molar-refractivity contribution in [1.29, 1.82) is 0 Å². The van der Waals surface area contributed by atoms with Crippen LogP contribution >= 0.6 is 0 Å². The highest BCUT2D eigenvalue weighted by atomic mass is 32.2. The predicted molar refractivity (Wildman–Crippen MR) is 108 cm³/mol. The maximum absolute atomic E-state index is 12.7. The molecule has 0 bridgehead atoms. The van der Waals surface area contributed by atoms with Gasteiger partial charge >= 0.3 is 6.09 Å². The third-order valence-electron chi connectivity index (χ3n) is 4.72. The number of ether oxygens (including phenoxy) is 1. The van der Waals surface area contributed by atoms with Gasteiger partial charge in [0.2, 0.25) is 15.9 Å². The van der Waals surface area contributed by atoms with Gasteiger partial charge in [0, 0.05) is 39.4 Å². The molecule has 0 aliphatic carbocycles. The van der Waals surface area contributed by atoms with E-state index in [-0.39, 0.29) is 37.0 Å². The second-order valence-corrected chi connectivity index (χ2v) is 8.84. The lowest BCUT2D eigenvalue weighted by Crippen LogP contribution is -2.42. The molecule has 10 nitrogen and oxygen atoms in total. The van der Waals surface area contributed by atoms with E-state index in [2.05, 4.69) is 10.4 Å². The molecule has 1 aromatic carbocycles. The Balaban J connectivity index is 1.46. The molecule has 0 unspecified atom stereocenters. The largest absolute Gasteiger partial charge is 0.445 e. The third kappa shape index (κ3) is 5.57. The number of hydrogen-bond acceptors (Lipinski definition) is 6. The third-order valence-corrected chi connectivity index (χ3v) is 6.57. The second-order valence-electron chi connectivity index (χ2n) is 6.90. The Morgan fingerprint density at radius 1 is 1.13 bits per heavy atom. The zero-order valence-corrected chi connectivity index (χ0v) is 17.5. The van der Waals surface area contributed by atoms with Crippen LogP contribution in [-0.4, -0.2) is 72.1 Å². The fraction of sp³-hybridized carbons (Fsp3) is 0.421. The normalized spacial score (nSPS) is 15.4. The first kappa shape index (κ1) is 21.8. The maximum atomic E-state index is 12.7. The van der Waals surface area contributed by atoms with Crippen molar-refractivity contribution in [1.82, 2.24) is 24.3 Å². The number of carbonyl (C=O) groups excluding carboxylic acids is 2. The standard InChI is InChI=1S/C19H25N5O5S/c1-22-14-17(12-21-22)30(27,28)24-9-5-8-23(10-11-24)18(25)13-20-19(26)29-15-16-6-3-2-4-7-16/h2-4,6-7,12,14H,5,8-11,13,15H2,1H3,(H,20,26). The van der Waals surface area contributed by atoms with Gasteiger partial charge in [0.15, 0.2) is 0 Å². The molecule has 3 rings (SSSR count). The molecule has 30 heavy (non-hydrogen) atoms. The maximum Gasteiger partial charge on any atom is 0.407 e. The summed E-state index contributed by atoms with van der Waals surface area (Å²) in [6.45, 7) is 1.07. The van der Waals surface area contributed by atoms with Crippen LogP contribution in [0.3, 0.4) is 0 Å². The van der Waals surface area contributed by atoms with Crippen LogP contribution < -0.4 is 5.32 Å². The first-order valence-corrected chi connectivity index (χ1v) is 11.0. The van der Waals surface area contributed by atoms with E-state index in [0.717, 1.165) is 5.56 Å². The van der Waals surface area contributed by atoms with Crippen molar-refractivity contribution < 1.29 is 22.7 Å². The molecule has 2 heterocycles. The summed E-state index contributed by atoms with van der Waals surface area (Å²) in [7, 11) is -2.00. The Hall–Kier alpha value is -2.92. The van der Waals surface area contributed by atoms with Gasteiger partial charge < -0.3 is 15.0 Å². The molecular formula is C19H25N5O5S. The van der Waals surface area contributed by atoms with Crippen LogP contribution in [0.2, 0.25) is 0 Å². The number of benzene rings is 1. The summed E-state index contributed by atoms with van der Waals surface area (Å²) in [6, 6.07) is 9.23. The number of sulfonamides is 1. The number of aryl methyl sites for hydroxylation is 1. The van der Waals surface area contributed by atoms with Gasteiger partial charge in [-0.25, -0.2) is 13.2 Å². The minimum Gasteiger partial charge on any atom is -0.445 e. The quantitative estimate of drug-likeness (QED) is 0.710. The van der Waals surface area contributed by atoms with E-state index in [4.69, 9.17) is 4.74 Å². The van der Waals surface area contributed by atoms with Crippen LogP contribution in [0.5, 0.6) is 0 Å². The topological polar surface area (TPSA) is 114 Å². The fourth-order valence-electron chi connectivity index (χ4n) is 3.10. The Kier molecular flexibility index (Phi) is 7.06. The molecule has 0 spiro atoms. The van der Waals surface area contributed by atoms with E-state index >= 15 is 0 Å². The van der Waals surface area contributed by atoms with Crippen LogP contribution in [-0.2, 0) is 33.2 Å². The van der Waals surface area contributed by atoms with Gasteiger partial charge in [0.1, 0.15) is 18.0 Å². The van der Waals surface area contributed by atoms with E-state index in [1.807, 2.05) is 30.3 Å². The summed E-state index contributed by atoms with van der Waals surface area (Å²) in [5.41, 5.74) is 0.849. The number of nitrogens with zero attached hydrogens (tertiary/aromatic N) is 4. The molecule has 0 atom stereocenters. The van der Waals surface area contributed by atoms with Crippen molar-refractivity contribution in [3.05, 3.63) is 48.3 Å². The van der Waals surface area contributed by atoms with Crippen LogP contribution in [0, 0.1) is 0 Å². The van der Waals surface area contributed by atoms with E-state index in [0.29, 0.717) is 19.5 Å². The van der Waals surface area contributed by atoms with Crippen molar-refractivity contribution in [3.8, 4) is 0 Å². The smallest absolute Gasteiger partial charge is 0.407 e. The zero-order chi connectivity index (χ0) is 21.6. The second kappa shape index (κ2) is 9.72. The number of nitrogens with one attached hydrogen (secondary N) is 1. The van der Waals surface area contributed by atoms with Gasteiger partial charge in [-0.3, -0.25) is 9.48 Å². The van der Waals surface area contributed by atoms with E-state index in [9.17, 15) is 18.0 Å². The number of carbonyl (C=O) groups is 2. The first-order chi connectivity index (χ1) is 14.4. The Labute approximate surface area is 175 Å². The van der Waals surface area contributed by atoms with Crippen molar-refractivity contribution in [2.75, 3.05) is 32.7 Å². The molecule has 11 heteroatoms. The van der Waals surface area contributed by atoms with Crippen LogP contribution in [0.4, 0.5) is 4.79 Å². The average molecular weight is 436 g/mol. The van der Waals surface area contributed by atoms with E-state index in [1.54, 1.807) is 11.9 Å². The van der Waals surface area contributed by atoms with E-state index in [1.165, 1.54) is 21.4 Å². The Morgan fingerprint density at radius 2 is 1.90 bits per heavy atom. The highest BCUT2D eigenvalue weighted by Crippen LogP contribution is 2.17. The van der Waals surface area contributed by atoms with Gasteiger partial charge in [-0.1, -0.05) is 30.3 Å². The van der Waals surface area contributed by atoms with E-state index < -0.39 is 16.1 Å². The van der Waals surface area contributed by atoms with Crippen LogP contribution in [0.25, 0.3) is 0 Å². The van der Waals surface area contributed by atoms with Crippen molar-refractivity contribution in [2.45, 2.75) is 17.9 Å². The molecule has 1 aliphatic rings. The molecule has 162 valence electrons. The minimum atomic E-state index is -3.65. The number of hydrogen-bond donors (Lipinski definition) is 1. The van der Waals surface area contributed by atoms with Crippen molar-refractivity contribution >= 4 is 22.0 Å². The minimum absolute atomic E-state index is 0.117. The lowest BCUT2D eigenvalue weighted by atomic mass is 10.2. The zero-order valence-electron chi connectivity index (χ0n) is 16.7. The SMILES string of the molecule is Cn1cc(S(=O)(=O)N2CCCN(C(=O)CNC(=O)OCc3ccccc3)CC2)cn1. The molecule has 1 aliphatic heterocycles. The monoisotopic (exact) mass is 435 g/mol. The molecule has 1 fully saturated rings. The number of aromatic nitrogens is 2. The van der Waals surface area contributed by atoms with Gasteiger partial charge in [-0.15, -0.1) is 0 Å². The molecule has 1 saturated heterocycles. The van der Waals surface area contributed by atoms with Gasteiger partial charge in [0.05, 0.1) is 6.20 Å². The number of alkyl carbamates (subject to hydrolysis) is 1. The number of amides is 2. The first-order valence-electron chi connectivity index (χ1n) is 9.57. The van der Waals surface area contributed by atoms with Crippen LogP contribution in [0.1, 0.15) is 12.0 Å². The summed E-state index contributed by atoms with van der Waals surface area (Å²) in [5, 5.41) is 6.36. The molecule has 2 aromatic rings. The predicted octanol–water partition coefficient (Wildman–Crippen LogP) is 0.570. The molecule has 0 saturated carbocycles. The summed E-state index contributed by atoms with van der Waals surface area (Å²) in [4.78, 5) is 25.9. The molecule has 0 radical (unpaired) electrons. The fourth-order valence-corrected chi connectivity index (χ4v) is 4.55. The van der Waals surface area contributed by atoms with Gasteiger partial charge in [-0.2, -0.15) is 9.40 Å². The summed E-state index contributed by atoms with van der Waals surface area (Å²) in [5.74, 6) is -0.285. The highest BCUT2D eigenvalue weighted by Gasteiger charge is 2.29.